The zero-order valence-corrected chi connectivity index (χ0v) is 11.8. The van der Waals surface area contributed by atoms with Crippen molar-refractivity contribution in [3.05, 3.63) is 62.8 Å². The SMILES string of the molecule is Fc1cc(Br)cc(CNc2c(F)cc(F)cc2Cl)c1. The zero-order valence-electron chi connectivity index (χ0n) is 9.48. The van der Waals surface area contributed by atoms with Gasteiger partial charge in [0.15, 0.2) is 5.82 Å². The number of rotatable bonds is 3. The van der Waals surface area contributed by atoms with Crippen LogP contribution in [0.3, 0.4) is 0 Å². The first-order valence-corrected chi connectivity index (χ1v) is 6.46. The average Bonchev–Trinajstić information content (AvgIpc) is 2.25. The molecule has 0 aromatic heterocycles. The highest BCUT2D eigenvalue weighted by Gasteiger charge is 2.10. The number of benzene rings is 2. The predicted molar refractivity (Wildman–Crippen MR) is 72.8 cm³/mol. The molecule has 0 fully saturated rings. The summed E-state index contributed by atoms with van der Waals surface area (Å²) in [5.41, 5.74) is 0.593. The van der Waals surface area contributed by atoms with Gasteiger partial charge in [-0.1, -0.05) is 27.5 Å². The van der Waals surface area contributed by atoms with Gasteiger partial charge in [-0.25, -0.2) is 13.2 Å². The Bertz CT molecular complexity index is 576. The molecule has 0 aliphatic heterocycles. The molecule has 1 N–H and O–H groups in total. The standard InChI is InChI=1S/C13H8BrClF3N/c14-8-1-7(2-9(16)3-8)6-19-13-11(15)4-10(17)5-12(13)18/h1-5,19H,6H2. The largest absolute Gasteiger partial charge is 0.377 e. The van der Waals surface area contributed by atoms with Gasteiger partial charge in [-0.3, -0.25) is 0 Å². The van der Waals surface area contributed by atoms with Crippen LogP contribution in [0.1, 0.15) is 5.56 Å². The summed E-state index contributed by atoms with van der Waals surface area (Å²) in [6, 6.07) is 6.05. The highest BCUT2D eigenvalue weighted by molar-refractivity contribution is 9.10. The van der Waals surface area contributed by atoms with E-state index in [4.69, 9.17) is 11.6 Å². The van der Waals surface area contributed by atoms with Crippen LogP contribution >= 0.6 is 27.5 Å². The summed E-state index contributed by atoms with van der Waals surface area (Å²) in [6.07, 6.45) is 0. The lowest BCUT2D eigenvalue weighted by Crippen LogP contribution is -2.03. The first-order valence-electron chi connectivity index (χ1n) is 5.29. The molecule has 0 saturated carbocycles. The highest BCUT2D eigenvalue weighted by atomic mass is 79.9. The molecule has 0 radical (unpaired) electrons. The lowest BCUT2D eigenvalue weighted by atomic mass is 10.2. The van der Waals surface area contributed by atoms with Gasteiger partial charge in [0.25, 0.3) is 0 Å². The van der Waals surface area contributed by atoms with E-state index in [1.807, 2.05) is 0 Å². The minimum Gasteiger partial charge on any atom is -0.377 e. The molecule has 0 bridgehead atoms. The Morgan fingerprint density at radius 1 is 1.00 bits per heavy atom. The minimum atomic E-state index is -0.791. The Balaban J connectivity index is 2.19. The summed E-state index contributed by atoms with van der Waals surface area (Å²) in [5, 5.41) is 2.66. The van der Waals surface area contributed by atoms with Crippen molar-refractivity contribution < 1.29 is 13.2 Å². The second-order valence-electron chi connectivity index (χ2n) is 3.88. The van der Waals surface area contributed by atoms with Crippen molar-refractivity contribution in [2.45, 2.75) is 6.54 Å². The van der Waals surface area contributed by atoms with Crippen LogP contribution in [0.15, 0.2) is 34.8 Å². The normalized spacial score (nSPS) is 10.6. The second-order valence-corrected chi connectivity index (χ2v) is 5.20. The van der Waals surface area contributed by atoms with Gasteiger partial charge in [-0.2, -0.15) is 0 Å². The van der Waals surface area contributed by atoms with Crippen molar-refractivity contribution in [1.29, 1.82) is 0 Å². The van der Waals surface area contributed by atoms with Crippen LogP contribution in [0.25, 0.3) is 0 Å². The topological polar surface area (TPSA) is 12.0 Å². The van der Waals surface area contributed by atoms with Gasteiger partial charge in [0.2, 0.25) is 0 Å². The maximum atomic E-state index is 13.5. The van der Waals surface area contributed by atoms with E-state index in [1.165, 1.54) is 12.1 Å². The van der Waals surface area contributed by atoms with Crippen LogP contribution in [0, 0.1) is 17.5 Å². The second kappa shape index (κ2) is 5.84. The van der Waals surface area contributed by atoms with E-state index in [-0.39, 0.29) is 17.3 Å². The van der Waals surface area contributed by atoms with E-state index in [2.05, 4.69) is 21.2 Å². The molecular weight excluding hydrogens is 343 g/mol. The molecule has 0 aliphatic carbocycles. The van der Waals surface area contributed by atoms with Crippen molar-refractivity contribution >= 4 is 33.2 Å². The van der Waals surface area contributed by atoms with Crippen molar-refractivity contribution in [1.82, 2.24) is 0 Å². The van der Waals surface area contributed by atoms with Gasteiger partial charge in [0, 0.05) is 17.1 Å². The smallest absolute Gasteiger partial charge is 0.150 e. The molecule has 100 valence electrons. The lowest BCUT2D eigenvalue weighted by molar-refractivity contribution is 0.585. The Morgan fingerprint density at radius 3 is 2.32 bits per heavy atom. The maximum Gasteiger partial charge on any atom is 0.150 e. The fourth-order valence-corrected chi connectivity index (χ4v) is 2.39. The molecule has 0 unspecified atom stereocenters. The highest BCUT2D eigenvalue weighted by Crippen LogP contribution is 2.27. The van der Waals surface area contributed by atoms with Gasteiger partial charge in [-0.15, -0.1) is 0 Å². The maximum absolute atomic E-state index is 13.5. The Morgan fingerprint density at radius 2 is 1.68 bits per heavy atom. The summed E-state index contributed by atoms with van der Waals surface area (Å²) in [7, 11) is 0. The third-order valence-electron chi connectivity index (χ3n) is 2.40. The van der Waals surface area contributed by atoms with Gasteiger partial charge in [0.05, 0.1) is 10.7 Å². The third kappa shape index (κ3) is 3.64. The first-order chi connectivity index (χ1) is 8.95. The molecule has 6 heteroatoms. The molecule has 2 aromatic rings. The summed E-state index contributed by atoms with van der Waals surface area (Å²) in [4.78, 5) is 0. The molecular formula is C13H8BrClF3N. The average molecular weight is 351 g/mol. The van der Waals surface area contributed by atoms with E-state index < -0.39 is 17.5 Å². The molecule has 1 nitrogen and oxygen atoms in total. The summed E-state index contributed by atoms with van der Waals surface area (Å²) in [6.45, 7) is 0.165. The van der Waals surface area contributed by atoms with Gasteiger partial charge >= 0.3 is 0 Å². The molecule has 2 rings (SSSR count). The summed E-state index contributed by atoms with van der Waals surface area (Å²) < 4.78 is 40.1. The molecule has 19 heavy (non-hydrogen) atoms. The summed E-state index contributed by atoms with van der Waals surface area (Å²) in [5.74, 6) is -1.95. The number of halogens is 5. The fourth-order valence-electron chi connectivity index (χ4n) is 1.61. The zero-order chi connectivity index (χ0) is 14.0. The van der Waals surface area contributed by atoms with Crippen molar-refractivity contribution in [2.24, 2.45) is 0 Å². The van der Waals surface area contributed by atoms with Crippen LogP contribution in [0.5, 0.6) is 0 Å². The van der Waals surface area contributed by atoms with Crippen molar-refractivity contribution in [3.8, 4) is 0 Å². The summed E-state index contributed by atoms with van der Waals surface area (Å²) >= 11 is 8.90. The molecule has 0 spiro atoms. The Hall–Kier alpha value is -1.20. The van der Waals surface area contributed by atoms with Crippen LogP contribution in [-0.2, 0) is 6.54 Å². The number of hydrogen-bond donors (Lipinski definition) is 1. The minimum absolute atomic E-state index is 0.0107. The van der Waals surface area contributed by atoms with Crippen molar-refractivity contribution in [2.75, 3.05) is 5.32 Å². The third-order valence-corrected chi connectivity index (χ3v) is 3.15. The van der Waals surface area contributed by atoms with Crippen molar-refractivity contribution in [3.63, 3.8) is 0 Å². The van der Waals surface area contributed by atoms with E-state index >= 15 is 0 Å². The van der Waals surface area contributed by atoms with E-state index in [9.17, 15) is 13.2 Å². The first kappa shape index (κ1) is 14.2. The van der Waals surface area contributed by atoms with E-state index in [0.29, 0.717) is 10.0 Å². The van der Waals surface area contributed by atoms with Gasteiger partial charge in [0.1, 0.15) is 11.6 Å². The lowest BCUT2D eigenvalue weighted by Gasteiger charge is -2.10. The number of hydrogen-bond acceptors (Lipinski definition) is 1. The van der Waals surface area contributed by atoms with Crippen LogP contribution in [0.4, 0.5) is 18.9 Å². The Labute approximate surface area is 121 Å². The van der Waals surface area contributed by atoms with Gasteiger partial charge < -0.3 is 5.32 Å². The monoisotopic (exact) mass is 349 g/mol. The van der Waals surface area contributed by atoms with Gasteiger partial charge in [-0.05, 0) is 29.8 Å². The van der Waals surface area contributed by atoms with Crippen LogP contribution in [0.2, 0.25) is 5.02 Å². The molecule has 0 aliphatic rings. The molecule has 0 heterocycles. The fraction of sp³-hybridized carbons (Fsp3) is 0.0769. The predicted octanol–water partition coefficient (Wildman–Crippen LogP) is 5.13. The molecule has 0 atom stereocenters. The Kier molecular flexibility index (Phi) is 4.37. The van der Waals surface area contributed by atoms with E-state index in [1.54, 1.807) is 6.07 Å². The molecule has 0 amide bonds. The molecule has 0 saturated heterocycles. The van der Waals surface area contributed by atoms with E-state index in [0.717, 1.165) is 12.1 Å². The number of anilines is 1. The van der Waals surface area contributed by atoms with Crippen LogP contribution in [-0.4, -0.2) is 0 Å². The van der Waals surface area contributed by atoms with Crippen LogP contribution < -0.4 is 5.32 Å². The quantitative estimate of drug-likeness (QED) is 0.809. The number of nitrogens with one attached hydrogen (secondary N) is 1. The molecule has 2 aromatic carbocycles.